The summed E-state index contributed by atoms with van der Waals surface area (Å²) in [4.78, 5) is 15.8. The number of halogens is 1. The van der Waals surface area contributed by atoms with Gasteiger partial charge in [-0.1, -0.05) is 0 Å². The number of rotatable bonds is 3. The quantitative estimate of drug-likeness (QED) is 0.856. The highest BCUT2D eigenvalue weighted by Gasteiger charge is 2.38. The van der Waals surface area contributed by atoms with Crippen molar-refractivity contribution in [1.82, 2.24) is 4.98 Å². The molecule has 0 saturated heterocycles. The average molecular weight is 326 g/mol. The lowest BCUT2D eigenvalue weighted by molar-refractivity contribution is 0.0687. The number of aromatic nitrogens is 1. The molecule has 0 aliphatic heterocycles. The molecule has 4 nitrogen and oxygen atoms in total. The van der Waals surface area contributed by atoms with E-state index < -0.39 is 5.97 Å². The van der Waals surface area contributed by atoms with Gasteiger partial charge in [0.1, 0.15) is 5.82 Å². The number of fused-ring (bicyclic) bond motifs is 2. The van der Waals surface area contributed by atoms with Gasteiger partial charge in [0.05, 0.1) is 11.9 Å². The number of pyridine rings is 1. The second kappa shape index (κ2) is 5.58. The molecule has 1 aromatic carbocycles. The van der Waals surface area contributed by atoms with E-state index in [0.29, 0.717) is 17.4 Å². The van der Waals surface area contributed by atoms with Gasteiger partial charge in [-0.25, -0.2) is 14.2 Å². The van der Waals surface area contributed by atoms with Crippen LogP contribution in [0.25, 0.3) is 0 Å². The van der Waals surface area contributed by atoms with Crippen LogP contribution in [0, 0.1) is 12.7 Å². The number of nitrogens with zero attached hydrogens (tertiary/aromatic N) is 1. The molecule has 0 amide bonds. The second-order valence-electron chi connectivity index (χ2n) is 6.79. The maximum atomic E-state index is 13.5. The minimum absolute atomic E-state index is 0.195. The summed E-state index contributed by atoms with van der Waals surface area (Å²) in [6.07, 6.45) is 5.88. The van der Waals surface area contributed by atoms with E-state index in [2.05, 4.69) is 10.3 Å². The molecule has 5 rings (SSSR count). The highest BCUT2D eigenvalue weighted by atomic mass is 19.1. The highest BCUT2D eigenvalue weighted by Crippen LogP contribution is 2.52. The van der Waals surface area contributed by atoms with Gasteiger partial charge in [-0.3, -0.25) is 0 Å². The van der Waals surface area contributed by atoms with Crippen LogP contribution in [0.5, 0.6) is 0 Å². The fourth-order valence-electron chi connectivity index (χ4n) is 4.21. The van der Waals surface area contributed by atoms with Gasteiger partial charge in [0.25, 0.3) is 0 Å². The number of aryl methyl sites for hydroxylation is 1. The first-order valence-electron chi connectivity index (χ1n) is 8.34. The lowest BCUT2D eigenvalue weighted by Crippen LogP contribution is -2.26. The Morgan fingerprint density at radius 2 is 1.88 bits per heavy atom. The summed E-state index contributed by atoms with van der Waals surface area (Å²) < 4.78 is 13.5. The van der Waals surface area contributed by atoms with Crippen molar-refractivity contribution in [1.29, 1.82) is 0 Å². The summed E-state index contributed by atoms with van der Waals surface area (Å²) in [5.41, 5.74) is 4.43. The van der Waals surface area contributed by atoms with Crippen molar-refractivity contribution < 1.29 is 14.3 Å². The number of hydrogen-bond acceptors (Lipinski definition) is 3. The zero-order valence-electron chi connectivity index (χ0n) is 13.5. The molecular formula is C19H19FN2O2. The minimum atomic E-state index is -0.956. The number of carboxylic acids is 1. The van der Waals surface area contributed by atoms with Crippen LogP contribution < -0.4 is 5.32 Å². The van der Waals surface area contributed by atoms with E-state index in [-0.39, 0.29) is 11.5 Å². The molecule has 1 heterocycles. The Morgan fingerprint density at radius 1 is 1.21 bits per heavy atom. The molecule has 0 spiro atoms. The van der Waals surface area contributed by atoms with E-state index in [1.165, 1.54) is 6.07 Å². The monoisotopic (exact) mass is 326 g/mol. The molecule has 24 heavy (non-hydrogen) atoms. The van der Waals surface area contributed by atoms with E-state index in [0.717, 1.165) is 48.2 Å². The van der Waals surface area contributed by atoms with Crippen LogP contribution >= 0.6 is 0 Å². The summed E-state index contributed by atoms with van der Waals surface area (Å²) in [7, 11) is 0. The van der Waals surface area contributed by atoms with Crippen LogP contribution in [-0.4, -0.2) is 16.1 Å². The Balaban J connectivity index is 1.81. The summed E-state index contributed by atoms with van der Waals surface area (Å²) in [5.74, 6) is -0.514. The molecule has 5 heteroatoms. The molecule has 2 aromatic rings. The maximum Gasteiger partial charge on any atom is 0.354 e. The minimum Gasteiger partial charge on any atom is -0.477 e. The van der Waals surface area contributed by atoms with E-state index in [1.54, 1.807) is 25.3 Å². The summed E-state index contributed by atoms with van der Waals surface area (Å²) in [6.45, 7) is 1.73. The molecule has 1 fully saturated rings. The fraction of sp³-hybridized carbons (Fsp3) is 0.368. The van der Waals surface area contributed by atoms with Crippen LogP contribution in [-0.2, 0) is 0 Å². The highest BCUT2D eigenvalue weighted by molar-refractivity contribution is 5.89. The van der Waals surface area contributed by atoms with Crippen molar-refractivity contribution in [2.24, 2.45) is 0 Å². The number of aromatic carboxylic acids is 1. The van der Waals surface area contributed by atoms with Gasteiger partial charge in [-0.15, -0.1) is 0 Å². The Hall–Kier alpha value is -2.43. The van der Waals surface area contributed by atoms with E-state index in [9.17, 15) is 14.3 Å². The van der Waals surface area contributed by atoms with E-state index in [4.69, 9.17) is 0 Å². The lowest BCUT2D eigenvalue weighted by Gasteiger charge is -2.39. The summed E-state index contributed by atoms with van der Waals surface area (Å²) >= 11 is 0. The second-order valence-corrected chi connectivity index (χ2v) is 6.79. The van der Waals surface area contributed by atoms with Crippen molar-refractivity contribution in [3.05, 3.63) is 52.6 Å². The largest absolute Gasteiger partial charge is 0.477 e. The number of hydrogen-bond donors (Lipinski definition) is 2. The zero-order chi connectivity index (χ0) is 16.8. The number of nitrogens with one attached hydrogen (secondary N) is 1. The van der Waals surface area contributed by atoms with Gasteiger partial charge in [-0.2, -0.15) is 0 Å². The van der Waals surface area contributed by atoms with Crippen LogP contribution in [0.3, 0.4) is 0 Å². The summed E-state index contributed by atoms with van der Waals surface area (Å²) in [6, 6.07) is 4.89. The Labute approximate surface area is 139 Å². The van der Waals surface area contributed by atoms with Gasteiger partial charge in [0.15, 0.2) is 5.69 Å². The molecule has 0 radical (unpaired) electrons. The molecule has 2 N–H and O–H groups in total. The van der Waals surface area contributed by atoms with Gasteiger partial charge in [0.2, 0.25) is 0 Å². The van der Waals surface area contributed by atoms with Crippen molar-refractivity contribution >= 4 is 17.3 Å². The molecule has 1 saturated carbocycles. The zero-order valence-corrected chi connectivity index (χ0v) is 13.5. The third kappa shape index (κ3) is 2.35. The van der Waals surface area contributed by atoms with E-state index in [1.807, 2.05) is 0 Å². The molecule has 124 valence electrons. The lowest BCUT2D eigenvalue weighted by atomic mass is 9.66. The molecule has 2 bridgehead atoms. The van der Waals surface area contributed by atoms with Crippen LogP contribution in [0.15, 0.2) is 24.4 Å². The van der Waals surface area contributed by atoms with Gasteiger partial charge in [-0.05, 0) is 79.3 Å². The maximum absolute atomic E-state index is 13.5. The SMILES string of the molecule is Cc1cc(Nc2cnc(C(=O)O)c3c2C2CCC3CC2)ccc1F. The van der Waals surface area contributed by atoms with Crippen LogP contribution in [0.4, 0.5) is 15.8 Å². The molecule has 0 unspecified atom stereocenters. The Morgan fingerprint density at radius 3 is 2.50 bits per heavy atom. The summed E-state index contributed by atoms with van der Waals surface area (Å²) in [5, 5.41) is 12.8. The Bertz CT molecular complexity index is 826. The topological polar surface area (TPSA) is 62.2 Å². The molecular weight excluding hydrogens is 307 g/mol. The molecule has 1 aromatic heterocycles. The van der Waals surface area contributed by atoms with E-state index >= 15 is 0 Å². The number of anilines is 2. The predicted molar refractivity (Wildman–Crippen MR) is 89.6 cm³/mol. The van der Waals surface area contributed by atoms with Crippen molar-refractivity contribution in [3.8, 4) is 0 Å². The molecule has 3 aliphatic carbocycles. The normalized spacial score (nSPS) is 21.4. The van der Waals surface area contributed by atoms with Gasteiger partial charge in [0, 0.05) is 5.69 Å². The van der Waals surface area contributed by atoms with Crippen LogP contribution in [0.2, 0.25) is 0 Å². The van der Waals surface area contributed by atoms with Crippen LogP contribution in [0.1, 0.15) is 64.7 Å². The smallest absolute Gasteiger partial charge is 0.354 e. The average Bonchev–Trinajstić information content (AvgIpc) is 2.59. The van der Waals surface area contributed by atoms with Crippen molar-refractivity contribution in [2.45, 2.75) is 44.4 Å². The number of benzene rings is 1. The third-order valence-corrected chi connectivity index (χ3v) is 5.34. The number of carboxylic acid groups (broad SMARTS) is 1. The first kappa shape index (κ1) is 15.1. The van der Waals surface area contributed by atoms with Crippen molar-refractivity contribution in [2.75, 3.05) is 5.32 Å². The first-order chi connectivity index (χ1) is 11.5. The first-order valence-corrected chi connectivity index (χ1v) is 8.34. The van der Waals surface area contributed by atoms with Gasteiger partial charge >= 0.3 is 5.97 Å². The molecule has 3 aliphatic rings. The van der Waals surface area contributed by atoms with Crippen molar-refractivity contribution in [3.63, 3.8) is 0 Å². The molecule has 0 atom stereocenters. The van der Waals surface area contributed by atoms with Gasteiger partial charge < -0.3 is 10.4 Å². The Kier molecular flexibility index (Phi) is 3.52. The predicted octanol–water partition coefficient (Wildman–Crippen LogP) is 4.73. The standard InChI is InChI=1S/C19H19FN2O2/c1-10-8-13(6-7-14(10)20)22-15-9-21-18(19(23)24)17-12-4-2-11(3-5-12)16(15)17/h6-9,11-12,22H,2-5H2,1H3,(H,23,24). The third-order valence-electron chi connectivity index (χ3n) is 5.34. The fourth-order valence-corrected chi connectivity index (χ4v) is 4.21. The number of carbonyl (C=O) groups is 1.